The summed E-state index contributed by atoms with van der Waals surface area (Å²) in [6, 6.07) is 2.93. The third-order valence-corrected chi connectivity index (χ3v) is 2.42. The van der Waals surface area contributed by atoms with E-state index in [0.717, 1.165) is 0 Å². The van der Waals surface area contributed by atoms with E-state index in [9.17, 15) is 4.79 Å². The zero-order valence-electron chi connectivity index (χ0n) is 12.1. The van der Waals surface area contributed by atoms with Crippen LogP contribution in [0, 0.1) is 0 Å². The summed E-state index contributed by atoms with van der Waals surface area (Å²) in [4.78, 5) is 23.7. The third-order valence-electron chi connectivity index (χ3n) is 2.42. The van der Waals surface area contributed by atoms with Gasteiger partial charge in [0.05, 0.1) is 0 Å². The Morgan fingerprint density at radius 1 is 1.10 bits per heavy atom. The largest absolute Gasteiger partial charge is 0.403 e. The first-order chi connectivity index (χ1) is 10.1. The summed E-state index contributed by atoms with van der Waals surface area (Å²) < 4.78 is 6.65. The van der Waals surface area contributed by atoms with Crippen LogP contribution in [-0.2, 0) is 7.05 Å². The van der Waals surface area contributed by atoms with Crippen molar-refractivity contribution in [3.8, 4) is 11.9 Å². The minimum absolute atomic E-state index is 0.100. The van der Waals surface area contributed by atoms with E-state index in [1.807, 2.05) is 13.8 Å². The van der Waals surface area contributed by atoms with Gasteiger partial charge in [-0.25, -0.2) is 4.68 Å². The molecule has 2 N–H and O–H groups in total. The van der Waals surface area contributed by atoms with Crippen LogP contribution in [0.2, 0.25) is 0 Å². The van der Waals surface area contributed by atoms with Gasteiger partial charge in [-0.1, -0.05) is 0 Å². The number of nitrogens with one attached hydrogen (secondary N) is 2. The van der Waals surface area contributed by atoms with Gasteiger partial charge in [-0.05, 0) is 13.8 Å². The highest BCUT2D eigenvalue weighted by Crippen LogP contribution is 2.16. The van der Waals surface area contributed by atoms with Gasteiger partial charge in [0.15, 0.2) is 0 Å². The van der Waals surface area contributed by atoms with Crippen LogP contribution in [-0.4, -0.2) is 37.8 Å². The fourth-order valence-electron chi connectivity index (χ4n) is 1.51. The molecule has 0 saturated heterocycles. The molecule has 0 fully saturated rings. The van der Waals surface area contributed by atoms with Crippen LogP contribution in [0.5, 0.6) is 11.9 Å². The molecule has 21 heavy (non-hydrogen) atoms. The van der Waals surface area contributed by atoms with Crippen LogP contribution in [0.1, 0.15) is 13.8 Å². The normalized spacial score (nSPS) is 10.2. The van der Waals surface area contributed by atoms with Crippen molar-refractivity contribution in [2.45, 2.75) is 13.8 Å². The van der Waals surface area contributed by atoms with E-state index in [4.69, 9.17) is 4.74 Å². The highest BCUT2D eigenvalue weighted by atomic mass is 16.5. The minimum Gasteiger partial charge on any atom is -0.403 e. The molecule has 0 aliphatic carbocycles. The molecule has 9 heteroatoms. The van der Waals surface area contributed by atoms with Gasteiger partial charge in [-0.15, -0.1) is 5.10 Å². The minimum atomic E-state index is -0.223. The molecule has 0 atom stereocenters. The van der Waals surface area contributed by atoms with Gasteiger partial charge < -0.3 is 15.4 Å². The van der Waals surface area contributed by atoms with Gasteiger partial charge >= 0.3 is 6.01 Å². The van der Waals surface area contributed by atoms with Crippen LogP contribution >= 0.6 is 0 Å². The number of aryl methyl sites for hydroxylation is 1. The van der Waals surface area contributed by atoms with Crippen LogP contribution in [0.4, 0.5) is 11.9 Å². The molecule has 0 spiro atoms. The molecule has 0 radical (unpaired) electrons. The first-order valence-corrected chi connectivity index (χ1v) is 6.58. The summed E-state index contributed by atoms with van der Waals surface area (Å²) in [5.74, 6) is 1.04. The fourth-order valence-corrected chi connectivity index (χ4v) is 1.51. The lowest BCUT2D eigenvalue weighted by Gasteiger charge is -2.08. The van der Waals surface area contributed by atoms with E-state index >= 15 is 0 Å². The molecule has 112 valence electrons. The lowest BCUT2D eigenvalue weighted by Crippen LogP contribution is -2.18. The maximum Gasteiger partial charge on any atom is 0.330 e. The number of nitrogens with zero attached hydrogens (tertiary/aromatic N) is 5. The van der Waals surface area contributed by atoms with Gasteiger partial charge in [0.1, 0.15) is 0 Å². The first-order valence-electron chi connectivity index (χ1n) is 6.58. The Labute approximate surface area is 121 Å². The standard InChI is InChI=1S/C12H17N7O2/c1-4-13-10-15-11(14-5-2)17-12(16-10)21-8-6-7-9(20)19(3)18-8/h6-7H,4-5H2,1-3H3,(H2,13,14,15,16,17). The molecule has 2 aromatic rings. The number of aromatic nitrogens is 5. The number of rotatable bonds is 6. The molecule has 2 heterocycles. The second-order valence-corrected chi connectivity index (χ2v) is 4.06. The SMILES string of the molecule is CCNc1nc(NCC)nc(Oc2ccc(=O)n(C)n2)n1. The van der Waals surface area contributed by atoms with Crippen molar-refractivity contribution < 1.29 is 4.74 Å². The van der Waals surface area contributed by atoms with Gasteiger partial charge in [0.25, 0.3) is 5.56 Å². The Bertz CT molecular complexity index is 647. The van der Waals surface area contributed by atoms with E-state index in [-0.39, 0.29) is 17.4 Å². The molecular formula is C12H17N7O2. The zero-order valence-corrected chi connectivity index (χ0v) is 12.1. The molecule has 0 amide bonds. The Balaban J connectivity index is 2.28. The number of anilines is 2. The molecule has 0 aliphatic rings. The quantitative estimate of drug-likeness (QED) is 0.797. The average Bonchev–Trinajstić information content (AvgIpc) is 2.43. The summed E-state index contributed by atoms with van der Waals surface area (Å²) in [5, 5.41) is 9.95. The van der Waals surface area contributed by atoms with E-state index in [0.29, 0.717) is 25.0 Å². The summed E-state index contributed by atoms with van der Waals surface area (Å²) in [7, 11) is 1.54. The molecule has 2 rings (SSSR count). The Hall–Kier alpha value is -2.71. The van der Waals surface area contributed by atoms with Crippen molar-refractivity contribution in [3.63, 3.8) is 0 Å². The molecule has 9 nitrogen and oxygen atoms in total. The molecule has 2 aromatic heterocycles. The van der Waals surface area contributed by atoms with E-state index in [1.165, 1.54) is 23.9 Å². The van der Waals surface area contributed by atoms with Crippen LogP contribution in [0.25, 0.3) is 0 Å². The Morgan fingerprint density at radius 2 is 1.71 bits per heavy atom. The van der Waals surface area contributed by atoms with Gasteiger partial charge in [0.2, 0.25) is 17.8 Å². The van der Waals surface area contributed by atoms with Crippen molar-refractivity contribution >= 4 is 11.9 Å². The second-order valence-electron chi connectivity index (χ2n) is 4.06. The van der Waals surface area contributed by atoms with Gasteiger partial charge in [-0.3, -0.25) is 4.79 Å². The topological polar surface area (TPSA) is 107 Å². The average molecular weight is 291 g/mol. The number of ether oxygens (including phenoxy) is 1. The molecule has 0 bridgehead atoms. The molecule has 0 saturated carbocycles. The van der Waals surface area contributed by atoms with Crippen molar-refractivity contribution in [1.82, 2.24) is 24.7 Å². The smallest absolute Gasteiger partial charge is 0.330 e. The highest BCUT2D eigenvalue weighted by molar-refractivity contribution is 5.36. The van der Waals surface area contributed by atoms with Gasteiger partial charge in [-0.2, -0.15) is 15.0 Å². The molecule has 0 unspecified atom stereocenters. The third kappa shape index (κ3) is 3.88. The lowest BCUT2D eigenvalue weighted by atomic mass is 10.5. The summed E-state index contributed by atoms with van der Waals surface area (Å²) in [5.41, 5.74) is -0.223. The monoisotopic (exact) mass is 291 g/mol. The Kier molecular flexibility index (Phi) is 4.64. The maximum atomic E-state index is 11.3. The predicted molar refractivity (Wildman–Crippen MR) is 77.7 cm³/mol. The number of hydrogen-bond donors (Lipinski definition) is 2. The molecule has 0 aromatic carbocycles. The molecular weight excluding hydrogens is 274 g/mol. The van der Waals surface area contributed by atoms with E-state index in [1.54, 1.807) is 0 Å². The van der Waals surface area contributed by atoms with Crippen LogP contribution in [0.3, 0.4) is 0 Å². The van der Waals surface area contributed by atoms with Crippen LogP contribution in [0.15, 0.2) is 16.9 Å². The molecule has 0 aliphatic heterocycles. The van der Waals surface area contributed by atoms with Crippen molar-refractivity contribution in [2.75, 3.05) is 23.7 Å². The van der Waals surface area contributed by atoms with E-state index in [2.05, 4.69) is 30.7 Å². The maximum absolute atomic E-state index is 11.3. The van der Waals surface area contributed by atoms with Crippen molar-refractivity contribution in [2.24, 2.45) is 7.05 Å². The second kappa shape index (κ2) is 6.64. The van der Waals surface area contributed by atoms with Crippen LogP contribution < -0.4 is 20.9 Å². The predicted octanol–water partition coefficient (Wildman–Crippen LogP) is 0.621. The zero-order chi connectivity index (χ0) is 15.2. The number of hydrogen-bond acceptors (Lipinski definition) is 8. The van der Waals surface area contributed by atoms with Crippen molar-refractivity contribution in [3.05, 3.63) is 22.5 Å². The van der Waals surface area contributed by atoms with Gasteiger partial charge in [0, 0.05) is 32.3 Å². The summed E-state index contributed by atoms with van der Waals surface area (Å²) >= 11 is 0. The lowest BCUT2D eigenvalue weighted by molar-refractivity contribution is 0.407. The summed E-state index contributed by atoms with van der Waals surface area (Å²) in [6.45, 7) is 5.22. The Morgan fingerprint density at radius 3 is 2.24 bits per heavy atom. The van der Waals surface area contributed by atoms with E-state index < -0.39 is 0 Å². The first kappa shape index (κ1) is 14.7. The summed E-state index contributed by atoms with van der Waals surface area (Å²) in [6.07, 6.45) is 0. The highest BCUT2D eigenvalue weighted by Gasteiger charge is 2.09. The van der Waals surface area contributed by atoms with Crippen molar-refractivity contribution in [1.29, 1.82) is 0 Å². The fraction of sp³-hybridized carbons (Fsp3) is 0.417.